The number of rotatable bonds is 5. The average Bonchev–Trinajstić information content (AvgIpc) is 2.36. The highest BCUT2D eigenvalue weighted by atomic mass is 16.5. The molecule has 1 rings (SSSR count). The molecule has 116 valence electrons. The molecule has 1 saturated carbocycles. The quantitative estimate of drug-likeness (QED) is 0.725. The Morgan fingerprint density at radius 2 is 1.55 bits per heavy atom. The molecule has 1 fully saturated rings. The molecule has 4 nitrogen and oxygen atoms in total. The van der Waals surface area contributed by atoms with Crippen LogP contribution in [0.2, 0.25) is 0 Å². The topological polar surface area (TPSA) is 52.6 Å². The molecule has 0 unspecified atom stereocenters. The number of hydrogen-bond acceptors (Lipinski definition) is 4. The van der Waals surface area contributed by atoms with Gasteiger partial charge in [0.2, 0.25) is 0 Å². The van der Waals surface area contributed by atoms with Crippen molar-refractivity contribution >= 4 is 11.9 Å². The smallest absolute Gasteiger partial charge is 0.306 e. The largest absolute Gasteiger partial charge is 0.466 e. The van der Waals surface area contributed by atoms with E-state index in [1.54, 1.807) is 6.92 Å². The van der Waals surface area contributed by atoms with E-state index < -0.39 is 0 Å². The predicted octanol–water partition coefficient (Wildman–Crippen LogP) is 3.48. The van der Waals surface area contributed by atoms with Crippen molar-refractivity contribution in [2.75, 3.05) is 6.61 Å². The van der Waals surface area contributed by atoms with Crippen LogP contribution in [-0.4, -0.2) is 24.6 Å². The summed E-state index contributed by atoms with van der Waals surface area (Å²) in [5, 5.41) is 0. The first-order chi connectivity index (χ1) is 9.32. The first-order valence-corrected chi connectivity index (χ1v) is 7.68. The van der Waals surface area contributed by atoms with Crippen molar-refractivity contribution < 1.29 is 19.1 Å². The van der Waals surface area contributed by atoms with Crippen LogP contribution in [0.4, 0.5) is 0 Å². The summed E-state index contributed by atoms with van der Waals surface area (Å²) in [5.41, 5.74) is 0.332. The van der Waals surface area contributed by atoms with E-state index in [0.717, 1.165) is 25.7 Å². The maximum absolute atomic E-state index is 11.7. The lowest BCUT2D eigenvalue weighted by Gasteiger charge is -2.36. The Morgan fingerprint density at radius 1 is 1.00 bits per heavy atom. The Kier molecular flexibility index (Phi) is 6.50. The van der Waals surface area contributed by atoms with Gasteiger partial charge >= 0.3 is 11.9 Å². The van der Waals surface area contributed by atoms with Crippen molar-refractivity contribution in [1.29, 1.82) is 0 Å². The van der Waals surface area contributed by atoms with Gasteiger partial charge in [-0.05, 0) is 43.9 Å². The number of hydrogen-bond donors (Lipinski definition) is 0. The van der Waals surface area contributed by atoms with Crippen molar-refractivity contribution in [1.82, 2.24) is 0 Å². The molecule has 0 saturated heterocycles. The van der Waals surface area contributed by atoms with E-state index >= 15 is 0 Å². The Hall–Kier alpha value is -1.06. The predicted molar refractivity (Wildman–Crippen MR) is 77.2 cm³/mol. The fourth-order valence-electron chi connectivity index (χ4n) is 2.73. The molecule has 0 atom stereocenters. The fraction of sp³-hybridized carbons (Fsp3) is 0.875. The average molecular weight is 284 g/mol. The third kappa shape index (κ3) is 5.93. The molecule has 0 aliphatic heterocycles. The summed E-state index contributed by atoms with van der Waals surface area (Å²) in [7, 11) is 0. The van der Waals surface area contributed by atoms with Gasteiger partial charge in [0, 0.05) is 0 Å². The molecular weight excluding hydrogens is 256 g/mol. The van der Waals surface area contributed by atoms with Crippen LogP contribution in [0.1, 0.15) is 66.2 Å². The van der Waals surface area contributed by atoms with Crippen LogP contribution in [0.3, 0.4) is 0 Å². The van der Waals surface area contributed by atoms with E-state index in [9.17, 15) is 9.59 Å². The van der Waals surface area contributed by atoms with Crippen molar-refractivity contribution in [2.24, 2.45) is 11.3 Å². The molecule has 0 amide bonds. The molecule has 0 spiro atoms. The molecule has 0 aromatic rings. The van der Waals surface area contributed by atoms with Gasteiger partial charge in [-0.3, -0.25) is 9.59 Å². The van der Waals surface area contributed by atoms with E-state index in [-0.39, 0.29) is 30.9 Å². The highest BCUT2D eigenvalue weighted by Gasteiger charge is 2.31. The highest BCUT2D eigenvalue weighted by molar-refractivity contribution is 5.77. The van der Waals surface area contributed by atoms with Crippen LogP contribution in [0.15, 0.2) is 0 Å². The molecule has 0 radical (unpaired) electrons. The maximum atomic E-state index is 11.7. The van der Waals surface area contributed by atoms with Crippen LogP contribution < -0.4 is 0 Å². The molecule has 0 aromatic carbocycles. The van der Waals surface area contributed by atoms with Crippen molar-refractivity contribution in [3.63, 3.8) is 0 Å². The Morgan fingerprint density at radius 3 is 2.05 bits per heavy atom. The third-order valence-electron chi connectivity index (χ3n) is 4.04. The summed E-state index contributed by atoms with van der Waals surface area (Å²) >= 11 is 0. The zero-order valence-electron chi connectivity index (χ0n) is 13.2. The zero-order valence-corrected chi connectivity index (χ0v) is 13.2. The minimum atomic E-state index is -0.333. The maximum Gasteiger partial charge on any atom is 0.306 e. The SMILES string of the molecule is CCOC(=O)CCC(=O)OC1CCC(C(C)(C)C)CC1. The van der Waals surface area contributed by atoms with Crippen molar-refractivity contribution in [2.45, 2.75) is 72.3 Å². The lowest BCUT2D eigenvalue weighted by Crippen LogP contribution is -2.30. The number of ether oxygens (including phenoxy) is 2. The van der Waals surface area contributed by atoms with Gasteiger partial charge in [0.15, 0.2) is 0 Å². The minimum absolute atomic E-state index is 0.0308. The molecular formula is C16H28O4. The van der Waals surface area contributed by atoms with Gasteiger partial charge in [0.05, 0.1) is 19.4 Å². The van der Waals surface area contributed by atoms with Crippen LogP contribution in [0.25, 0.3) is 0 Å². The van der Waals surface area contributed by atoms with Crippen LogP contribution in [0.5, 0.6) is 0 Å². The second-order valence-corrected chi connectivity index (χ2v) is 6.63. The summed E-state index contributed by atoms with van der Waals surface area (Å²) in [6, 6.07) is 0. The Bertz CT molecular complexity index is 322. The summed E-state index contributed by atoms with van der Waals surface area (Å²) in [5.74, 6) is 0.0927. The molecule has 0 aromatic heterocycles. The number of esters is 2. The van der Waals surface area contributed by atoms with Crippen LogP contribution >= 0.6 is 0 Å². The van der Waals surface area contributed by atoms with Gasteiger partial charge in [-0.1, -0.05) is 20.8 Å². The van der Waals surface area contributed by atoms with Crippen molar-refractivity contribution in [3.8, 4) is 0 Å². The van der Waals surface area contributed by atoms with E-state index in [4.69, 9.17) is 9.47 Å². The number of carbonyl (C=O) groups excluding carboxylic acids is 2. The first-order valence-electron chi connectivity index (χ1n) is 7.68. The molecule has 4 heteroatoms. The molecule has 20 heavy (non-hydrogen) atoms. The summed E-state index contributed by atoms with van der Waals surface area (Å²) < 4.78 is 10.2. The standard InChI is InChI=1S/C16H28O4/c1-5-19-14(17)10-11-15(18)20-13-8-6-12(7-9-13)16(2,3)4/h12-13H,5-11H2,1-4H3. The summed E-state index contributed by atoms with van der Waals surface area (Å²) in [6.45, 7) is 8.91. The summed E-state index contributed by atoms with van der Waals surface area (Å²) in [4.78, 5) is 22.8. The van der Waals surface area contributed by atoms with Gasteiger partial charge < -0.3 is 9.47 Å². The normalized spacial score (nSPS) is 23.2. The summed E-state index contributed by atoms with van der Waals surface area (Å²) in [6.07, 6.45) is 4.37. The Labute approximate surface area is 122 Å². The lowest BCUT2D eigenvalue weighted by molar-refractivity contribution is -0.155. The molecule has 0 bridgehead atoms. The van der Waals surface area contributed by atoms with E-state index in [1.165, 1.54) is 0 Å². The van der Waals surface area contributed by atoms with E-state index in [0.29, 0.717) is 17.9 Å². The van der Waals surface area contributed by atoms with Gasteiger partial charge in [-0.25, -0.2) is 0 Å². The first kappa shape index (κ1) is 17.0. The van der Waals surface area contributed by atoms with Gasteiger partial charge in [-0.15, -0.1) is 0 Å². The van der Waals surface area contributed by atoms with Gasteiger partial charge in [0.25, 0.3) is 0 Å². The molecule has 1 aliphatic rings. The van der Waals surface area contributed by atoms with Crippen molar-refractivity contribution in [3.05, 3.63) is 0 Å². The van der Waals surface area contributed by atoms with Crippen LogP contribution in [-0.2, 0) is 19.1 Å². The number of carbonyl (C=O) groups is 2. The van der Waals surface area contributed by atoms with E-state index in [2.05, 4.69) is 20.8 Å². The van der Waals surface area contributed by atoms with Crippen LogP contribution in [0, 0.1) is 11.3 Å². The second-order valence-electron chi connectivity index (χ2n) is 6.63. The molecule has 0 heterocycles. The highest BCUT2D eigenvalue weighted by Crippen LogP contribution is 2.38. The minimum Gasteiger partial charge on any atom is -0.466 e. The third-order valence-corrected chi connectivity index (χ3v) is 4.04. The lowest BCUT2D eigenvalue weighted by atomic mass is 9.72. The second kappa shape index (κ2) is 7.65. The Balaban J connectivity index is 2.23. The van der Waals surface area contributed by atoms with E-state index in [1.807, 2.05) is 0 Å². The fourth-order valence-corrected chi connectivity index (χ4v) is 2.73. The zero-order chi connectivity index (χ0) is 15.2. The van der Waals surface area contributed by atoms with Gasteiger partial charge in [-0.2, -0.15) is 0 Å². The monoisotopic (exact) mass is 284 g/mol. The van der Waals surface area contributed by atoms with Gasteiger partial charge in [0.1, 0.15) is 6.10 Å². The molecule has 0 N–H and O–H groups in total. The molecule has 1 aliphatic carbocycles.